The summed E-state index contributed by atoms with van der Waals surface area (Å²) >= 11 is 6.74. The molecule has 0 aliphatic carbocycles. The predicted molar refractivity (Wildman–Crippen MR) is 77.2 cm³/mol. The van der Waals surface area contributed by atoms with Gasteiger partial charge >= 0.3 is 6.18 Å². The molecule has 0 aliphatic heterocycles. The molecule has 1 aromatic carbocycles. The lowest BCUT2D eigenvalue weighted by atomic mass is 10.1. The first-order valence-electron chi connectivity index (χ1n) is 5.00. The van der Waals surface area contributed by atoms with E-state index in [9.17, 15) is 13.2 Å². The van der Waals surface area contributed by atoms with Crippen LogP contribution in [0.4, 0.5) is 13.2 Å². The summed E-state index contributed by atoms with van der Waals surface area (Å²) < 4.78 is 40.8. The number of alkyl halides is 3. The summed E-state index contributed by atoms with van der Waals surface area (Å²) in [6.45, 7) is 0. The van der Waals surface area contributed by atoms with Gasteiger partial charge in [-0.2, -0.15) is 18.3 Å². The Morgan fingerprint density at radius 3 is 2.53 bits per heavy atom. The van der Waals surface area contributed by atoms with Crippen LogP contribution in [0.5, 0.6) is 0 Å². The van der Waals surface area contributed by atoms with Crippen LogP contribution in [0.1, 0.15) is 11.1 Å². The fraction of sp³-hybridized carbons (Fsp3) is 0.0909. The number of thiocarbonyl (C=S) groups is 1. The molecule has 2 rings (SSSR count). The van der Waals surface area contributed by atoms with Crippen LogP contribution in [0, 0.1) is 3.57 Å². The summed E-state index contributed by atoms with van der Waals surface area (Å²) in [4.78, 5) is -0.295. The summed E-state index contributed by atoms with van der Waals surface area (Å²) in [5.74, 6) is 0. The van der Waals surface area contributed by atoms with Crippen molar-refractivity contribution in [2.75, 3.05) is 0 Å². The highest BCUT2D eigenvalue weighted by Crippen LogP contribution is 2.33. The van der Waals surface area contributed by atoms with E-state index in [0.717, 1.165) is 9.64 Å². The maximum absolute atomic E-state index is 12.8. The van der Waals surface area contributed by atoms with Gasteiger partial charge in [0, 0.05) is 11.8 Å². The van der Waals surface area contributed by atoms with Gasteiger partial charge in [-0.15, -0.1) is 0 Å². The number of nitrogens with two attached hydrogens (primary N) is 1. The summed E-state index contributed by atoms with van der Waals surface area (Å²) in [6, 6.07) is 3.57. The number of aromatic nitrogens is 2. The van der Waals surface area contributed by atoms with Gasteiger partial charge in [-0.3, -0.25) is 0 Å². The second kappa shape index (κ2) is 5.08. The normalized spacial score (nSPS) is 11.6. The molecule has 8 heteroatoms. The molecule has 0 bridgehead atoms. The summed E-state index contributed by atoms with van der Waals surface area (Å²) in [5, 5.41) is 4.02. The van der Waals surface area contributed by atoms with Crippen LogP contribution in [0.3, 0.4) is 0 Å². The highest BCUT2D eigenvalue weighted by molar-refractivity contribution is 14.1. The number of halogens is 4. The molecule has 2 aromatic rings. The van der Waals surface area contributed by atoms with E-state index in [1.54, 1.807) is 12.4 Å². The van der Waals surface area contributed by atoms with Crippen LogP contribution in [0.2, 0.25) is 0 Å². The molecular weight excluding hydrogens is 390 g/mol. The zero-order chi connectivity index (χ0) is 14.2. The van der Waals surface area contributed by atoms with Gasteiger partial charge in [-0.25, -0.2) is 4.68 Å². The average molecular weight is 397 g/mol. The molecule has 0 radical (unpaired) electrons. The van der Waals surface area contributed by atoms with E-state index in [0.29, 0.717) is 5.69 Å². The number of hydrogen-bond acceptors (Lipinski definition) is 2. The van der Waals surface area contributed by atoms with Crippen molar-refractivity contribution in [3.8, 4) is 5.69 Å². The van der Waals surface area contributed by atoms with Gasteiger partial charge in [-0.1, -0.05) is 12.2 Å². The lowest BCUT2D eigenvalue weighted by Crippen LogP contribution is -2.18. The summed E-state index contributed by atoms with van der Waals surface area (Å²) in [6.07, 6.45) is -1.21. The largest absolute Gasteiger partial charge is 0.417 e. The lowest BCUT2D eigenvalue weighted by molar-refractivity contribution is -0.137. The number of benzene rings is 1. The highest BCUT2D eigenvalue weighted by Gasteiger charge is 2.34. The first-order chi connectivity index (χ1) is 8.79. The van der Waals surface area contributed by atoms with Crippen LogP contribution in [0.15, 0.2) is 30.6 Å². The average Bonchev–Trinajstić information content (AvgIpc) is 2.74. The van der Waals surface area contributed by atoms with Crippen molar-refractivity contribution in [2.24, 2.45) is 5.73 Å². The molecule has 0 saturated heterocycles. The SMILES string of the molecule is NC(=S)c1cc(-n2cc(I)cn2)ccc1C(F)(F)F. The smallest absolute Gasteiger partial charge is 0.389 e. The zero-order valence-electron chi connectivity index (χ0n) is 9.28. The monoisotopic (exact) mass is 397 g/mol. The maximum Gasteiger partial charge on any atom is 0.417 e. The summed E-state index contributed by atoms with van der Waals surface area (Å²) in [7, 11) is 0. The number of nitrogens with zero attached hydrogens (tertiary/aromatic N) is 2. The molecule has 0 amide bonds. The van der Waals surface area contributed by atoms with E-state index in [4.69, 9.17) is 5.73 Å². The molecule has 0 spiro atoms. The maximum atomic E-state index is 12.8. The van der Waals surface area contributed by atoms with Gasteiger partial charge in [-0.05, 0) is 40.8 Å². The second-order valence-electron chi connectivity index (χ2n) is 3.70. The minimum atomic E-state index is -4.49. The van der Waals surface area contributed by atoms with E-state index >= 15 is 0 Å². The molecule has 1 heterocycles. The number of rotatable bonds is 2. The Bertz CT molecular complexity index is 636. The molecule has 0 unspecified atom stereocenters. The Balaban J connectivity index is 2.57. The predicted octanol–water partition coefficient (Wildman–Crippen LogP) is 3.13. The van der Waals surface area contributed by atoms with Crippen LogP contribution >= 0.6 is 34.8 Å². The Hall–Kier alpha value is -1.16. The van der Waals surface area contributed by atoms with Crippen LogP contribution in [0.25, 0.3) is 5.69 Å². The van der Waals surface area contributed by atoms with E-state index in [2.05, 4.69) is 39.9 Å². The van der Waals surface area contributed by atoms with Crippen molar-refractivity contribution < 1.29 is 13.2 Å². The molecule has 0 aliphatic rings. The van der Waals surface area contributed by atoms with Crippen molar-refractivity contribution >= 4 is 39.8 Å². The fourth-order valence-electron chi connectivity index (χ4n) is 1.57. The Morgan fingerprint density at radius 1 is 1.37 bits per heavy atom. The van der Waals surface area contributed by atoms with Gasteiger partial charge in [0.1, 0.15) is 4.99 Å². The molecule has 0 atom stereocenters. The van der Waals surface area contributed by atoms with Crippen LogP contribution in [-0.2, 0) is 6.18 Å². The molecular formula is C11H7F3IN3S. The lowest BCUT2D eigenvalue weighted by Gasteiger charge is -2.13. The quantitative estimate of drug-likeness (QED) is 0.626. The van der Waals surface area contributed by atoms with E-state index in [-0.39, 0.29) is 10.6 Å². The van der Waals surface area contributed by atoms with Gasteiger partial charge in [0.15, 0.2) is 0 Å². The Labute approximate surface area is 125 Å². The standard InChI is InChI=1S/C11H7F3IN3S/c12-11(13,14)9-2-1-7(3-8(9)10(16)19)18-5-6(15)4-17-18/h1-5H,(H2,16,19). The fourth-order valence-corrected chi connectivity index (χ4v) is 2.13. The molecule has 2 N–H and O–H groups in total. The zero-order valence-corrected chi connectivity index (χ0v) is 12.3. The second-order valence-corrected chi connectivity index (χ2v) is 5.38. The Kier molecular flexibility index (Phi) is 3.81. The summed E-state index contributed by atoms with van der Waals surface area (Å²) in [5.41, 5.74) is 4.79. The highest BCUT2D eigenvalue weighted by atomic mass is 127. The van der Waals surface area contributed by atoms with Crippen LogP contribution in [-0.4, -0.2) is 14.8 Å². The third kappa shape index (κ3) is 3.06. The number of hydrogen-bond donors (Lipinski definition) is 1. The van der Waals surface area contributed by atoms with Crippen molar-refractivity contribution in [1.29, 1.82) is 0 Å². The molecule has 0 saturated carbocycles. The molecule has 0 fully saturated rings. The molecule has 100 valence electrons. The van der Waals surface area contributed by atoms with Crippen molar-refractivity contribution in [2.45, 2.75) is 6.18 Å². The minimum Gasteiger partial charge on any atom is -0.389 e. The van der Waals surface area contributed by atoms with E-state index in [1.807, 2.05) is 0 Å². The van der Waals surface area contributed by atoms with Crippen LogP contribution < -0.4 is 5.73 Å². The van der Waals surface area contributed by atoms with Crippen molar-refractivity contribution in [3.05, 3.63) is 45.3 Å². The molecule has 19 heavy (non-hydrogen) atoms. The first-order valence-corrected chi connectivity index (χ1v) is 6.49. The van der Waals surface area contributed by atoms with Gasteiger partial charge < -0.3 is 5.73 Å². The third-order valence-corrected chi connectivity index (χ3v) is 3.17. The van der Waals surface area contributed by atoms with Gasteiger partial charge in [0.25, 0.3) is 0 Å². The van der Waals surface area contributed by atoms with Crippen molar-refractivity contribution in [1.82, 2.24) is 9.78 Å². The van der Waals surface area contributed by atoms with E-state index in [1.165, 1.54) is 16.8 Å². The Morgan fingerprint density at radius 2 is 2.05 bits per heavy atom. The van der Waals surface area contributed by atoms with Gasteiger partial charge in [0.05, 0.1) is 21.0 Å². The van der Waals surface area contributed by atoms with Gasteiger partial charge in [0.2, 0.25) is 0 Å². The minimum absolute atomic E-state index is 0.203. The first kappa shape index (κ1) is 14.3. The molecule has 3 nitrogen and oxygen atoms in total. The third-order valence-electron chi connectivity index (χ3n) is 2.39. The van der Waals surface area contributed by atoms with Crippen molar-refractivity contribution in [3.63, 3.8) is 0 Å². The van der Waals surface area contributed by atoms with E-state index < -0.39 is 11.7 Å². The molecule has 1 aromatic heterocycles. The topological polar surface area (TPSA) is 43.8 Å².